The topological polar surface area (TPSA) is 29.1 Å². The Balaban J connectivity index is 2.10. The molecule has 1 amide bonds. The molecule has 1 unspecified atom stereocenters. The van der Waals surface area contributed by atoms with E-state index in [0.29, 0.717) is 11.4 Å². The van der Waals surface area contributed by atoms with Gasteiger partial charge < -0.3 is 5.32 Å². The van der Waals surface area contributed by atoms with E-state index in [-0.39, 0.29) is 11.9 Å². The normalized spacial score (nSPS) is 11.9. The Bertz CT molecular complexity index is 536. The molecule has 0 fully saturated rings. The summed E-state index contributed by atoms with van der Waals surface area (Å²) in [5.74, 6) is 0.247. The van der Waals surface area contributed by atoms with Crippen LogP contribution in [0.2, 0.25) is 0 Å². The zero-order valence-electron chi connectivity index (χ0n) is 10.8. The quantitative estimate of drug-likeness (QED) is 0.846. The van der Waals surface area contributed by atoms with E-state index in [1.165, 1.54) is 0 Å². The third-order valence-corrected chi connectivity index (χ3v) is 3.28. The number of halogens is 1. The van der Waals surface area contributed by atoms with Gasteiger partial charge in [-0.1, -0.05) is 48.0 Å². The molecule has 0 aromatic heterocycles. The van der Waals surface area contributed by atoms with Crippen LogP contribution >= 0.6 is 11.6 Å². The summed E-state index contributed by atoms with van der Waals surface area (Å²) in [6, 6.07) is 17.1. The average Bonchev–Trinajstić information content (AvgIpc) is 2.46. The number of amides is 1. The number of aryl methyl sites for hydroxylation is 1. The third kappa shape index (κ3) is 3.58. The molecular formula is C16H16ClNO. The van der Waals surface area contributed by atoms with Crippen molar-refractivity contribution in [2.75, 3.05) is 5.88 Å². The maximum atomic E-state index is 12.1. The Hall–Kier alpha value is -1.80. The number of carbonyl (C=O) groups is 1. The maximum Gasteiger partial charge on any atom is 0.251 e. The Morgan fingerprint density at radius 3 is 2.32 bits per heavy atom. The highest BCUT2D eigenvalue weighted by molar-refractivity contribution is 6.18. The molecule has 0 aliphatic rings. The number of carbonyl (C=O) groups excluding carboxylic acids is 1. The summed E-state index contributed by atoms with van der Waals surface area (Å²) in [5.41, 5.74) is 2.79. The molecule has 0 radical (unpaired) electrons. The summed E-state index contributed by atoms with van der Waals surface area (Å²) in [6.07, 6.45) is 0. The van der Waals surface area contributed by atoms with Gasteiger partial charge in [0.05, 0.1) is 6.04 Å². The Morgan fingerprint density at radius 2 is 1.74 bits per heavy atom. The zero-order valence-corrected chi connectivity index (χ0v) is 11.5. The molecule has 0 heterocycles. The molecule has 1 atom stereocenters. The lowest BCUT2D eigenvalue weighted by Gasteiger charge is -2.16. The molecular weight excluding hydrogens is 258 g/mol. The zero-order chi connectivity index (χ0) is 13.7. The first-order valence-electron chi connectivity index (χ1n) is 6.19. The summed E-state index contributed by atoms with van der Waals surface area (Å²) >= 11 is 5.94. The lowest BCUT2D eigenvalue weighted by atomic mass is 10.1. The van der Waals surface area contributed by atoms with Crippen LogP contribution in [0.25, 0.3) is 0 Å². The van der Waals surface area contributed by atoms with Gasteiger partial charge in [0.1, 0.15) is 0 Å². The summed E-state index contributed by atoms with van der Waals surface area (Å²) in [4.78, 5) is 12.1. The number of benzene rings is 2. The molecule has 0 aliphatic heterocycles. The van der Waals surface area contributed by atoms with Crippen LogP contribution < -0.4 is 5.32 Å². The van der Waals surface area contributed by atoms with E-state index in [2.05, 4.69) is 5.32 Å². The first-order valence-corrected chi connectivity index (χ1v) is 6.72. The predicted molar refractivity (Wildman–Crippen MR) is 78.5 cm³/mol. The predicted octanol–water partition coefficient (Wildman–Crippen LogP) is 3.70. The summed E-state index contributed by atoms with van der Waals surface area (Å²) < 4.78 is 0. The smallest absolute Gasteiger partial charge is 0.251 e. The van der Waals surface area contributed by atoms with Crippen LogP contribution in [0.15, 0.2) is 54.6 Å². The highest BCUT2D eigenvalue weighted by Gasteiger charge is 2.14. The van der Waals surface area contributed by atoms with E-state index in [4.69, 9.17) is 11.6 Å². The van der Waals surface area contributed by atoms with Crippen LogP contribution in [0.5, 0.6) is 0 Å². The first kappa shape index (κ1) is 13.6. The molecule has 2 nitrogen and oxygen atoms in total. The second kappa shape index (κ2) is 6.39. The fourth-order valence-electron chi connectivity index (χ4n) is 1.84. The molecule has 0 saturated heterocycles. The molecule has 19 heavy (non-hydrogen) atoms. The van der Waals surface area contributed by atoms with E-state index in [0.717, 1.165) is 11.1 Å². The molecule has 0 saturated carbocycles. The van der Waals surface area contributed by atoms with Crippen LogP contribution in [-0.2, 0) is 0 Å². The van der Waals surface area contributed by atoms with Crippen molar-refractivity contribution in [2.24, 2.45) is 0 Å². The van der Waals surface area contributed by atoms with Gasteiger partial charge in [0, 0.05) is 11.4 Å². The summed E-state index contributed by atoms with van der Waals surface area (Å²) in [5, 5.41) is 2.95. The number of hydrogen-bond acceptors (Lipinski definition) is 1. The van der Waals surface area contributed by atoms with Crippen LogP contribution in [0.3, 0.4) is 0 Å². The van der Waals surface area contributed by atoms with E-state index in [9.17, 15) is 4.79 Å². The van der Waals surface area contributed by atoms with Crippen molar-refractivity contribution < 1.29 is 4.79 Å². The molecule has 0 aliphatic carbocycles. The largest absolute Gasteiger partial charge is 0.344 e. The molecule has 0 spiro atoms. The van der Waals surface area contributed by atoms with Crippen LogP contribution in [0.4, 0.5) is 0 Å². The van der Waals surface area contributed by atoms with Gasteiger partial charge in [-0.2, -0.15) is 0 Å². The second-order valence-electron chi connectivity index (χ2n) is 4.46. The molecule has 2 aromatic carbocycles. The standard InChI is InChI=1S/C16H16ClNO/c1-12-7-9-14(10-8-12)16(19)18-15(11-17)13-5-3-2-4-6-13/h2-10,15H,11H2,1H3,(H,18,19). The van der Waals surface area contributed by atoms with Gasteiger partial charge in [-0.3, -0.25) is 4.79 Å². The van der Waals surface area contributed by atoms with E-state index in [1.54, 1.807) is 0 Å². The number of alkyl halides is 1. The number of hydrogen-bond donors (Lipinski definition) is 1. The minimum absolute atomic E-state index is 0.102. The first-order chi connectivity index (χ1) is 9.20. The Kier molecular flexibility index (Phi) is 4.58. The SMILES string of the molecule is Cc1ccc(C(=O)NC(CCl)c2ccccc2)cc1. The van der Waals surface area contributed by atoms with Crippen molar-refractivity contribution in [1.29, 1.82) is 0 Å². The van der Waals surface area contributed by atoms with Crippen molar-refractivity contribution >= 4 is 17.5 Å². The molecule has 1 N–H and O–H groups in total. The van der Waals surface area contributed by atoms with Crippen LogP contribution in [0, 0.1) is 6.92 Å². The van der Waals surface area contributed by atoms with Crippen molar-refractivity contribution in [3.63, 3.8) is 0 Å². The van der Waals surface area contributed by atoms with Gasteiger partial charge in [0.15, 0.2) is 0 Å². The monoisotopic (exact) mass is 273 g/mol. The lowest BCUT2D eigenvalue weighted by Crippen LogP contribution is -2.29. The third-order valence-electron chi connectivity index (χ3n) is 2.98. The van der Waals surface area contributed by atoms with Gasteiger partial charge in [-0.15, -0.1) is 11.6 Å². The van der Waals surface area contributed by atoms with Gasteiger partial charge in [-0.25, -0.2) is 0 Å². The fourth-order valence-corrected chi connectivity index (χ4v) is 2.10. The van der Waals surface area contributed by atoms with Crippen molar-refractivity contribution in [1.82, 2.24) is 5.32 Å². The molecule has 2 aromatic rings. The van der Waals surface area contributed by atoms with Crippen molar-refractivity contribution in [3.8, 4) is 0 Å². The maximum absolute atomic E-state index is 12.1. The minimum Gasteiger partial charge on any atom is -0.344 e. The molecule has 0 bridgehead atoms. The van der Waals surface area contributed by atoms with Gasteiger partial charge in [0.25, 0.3) is 5.91 Å². The Labute approximate surface area is 118 Å². The van der Waals surface area contributed by atoms with Crippen LogP contribution in [-0.4, -0.2) is 11.8 Å². The van der Waals surface area contributed by atoms with Gasteiger partial charge in [-0.05, 0) is 24.6 Å². The van der Waals surface area contributed by atoms with Crippen molar-refractivity contribution in [2.45, 2.75) is 13.0 Å². The number of nitrogens with one attached hydrogen (secondary N) is 1. The summed E-state index contributed by atoms with van der Waals surface area (Å²) in [6.45, 7) is 1.99. The highest BCUT2D eigenvalue weighted by Crippen LogP contribution is 2.15. The molecule has 3 heteroatoms. The van der Waals surface area contributed by atoms with E-state index in [1.807, 2.05) is 61.5 Å². The molecule has 2 rings (SSSR count). The summed E-state index contributed by atoms with van der Waals surface area (Å²) in [7, 11) is 0. The highest BCUT2D eigenvalue weighted by atomic mass is 35.5. The lowest BCUT2D eigenvalue weighted by molar-refractivity contribution is 0.0940. The second-order valence-corrected chi connectivity index (χ2v) is 4.77. The average molecular weight is 274 g/mol. The van der Waals surface area contributed by atoms with E-state index < -0.39 is 0 Å². The Morgan fingerprint density at radius 1 is 1.11 bits per heavy atom. The fraction of sp³-hybridized carbons (Fsp3) is 0.188. The van der Waals surface area contributed by atoms with E-state index >= 15 is 0 Å². The number of rotatable bonds is 4. The van der Waals surface area contributed by atoms with Crippen LogP contribution in [0.1, 0.15) is 27.5 Å². The molecule has 98 valence electrons. The minimum atomic E-state index is -0.170. The van der Waals surface area contributed by atoms with Gasteiger partial charge >= 0.3 is 0 Å². The van der Waals surface area contributed by atoms with Gasteiger partial charge in [0.2, 0.25) is 0 Å². The van der Waals surface area contributed by atoms with Crippen molar-refractivity contribution in [3.05, 3.63) is 71.3 Å².